The van der Waals surface area contributed by atoms with Crippen molar-refractivity contribution in [1.29, 1.82) is 0 Å². The third-order valence-corrected chi connectivity index (χ3v) is 4.45. The molecule has 1 aliphatic rings. The summed E-state index contributed by atoms with van der Waals surface area (Å²) in [5.41, 5.74) is 2.09. The van der Waals surface area contributed by atoms with Crippen LogP contribution in [0.2, 0.25) is 0 Å². The van der Waals surface area contributed by atoms with Crippen LogP contribution in [-0.2, 0) is 6.54 Å². The Bertz CT molecular complexity index is 788. The molecule has 1 fully saturated rings. The fourth-order valence-electron chi connectivity index (χ4n) is 2.91. The Labute approximate surface area is 158 Å². The largest absolute Gasteiger partial charge is 0.343 e. The summed E-state index contributed by atoms with van der Waals surface area (Å²) < 4.78 is 0. The van der Waals surface area contributed by atoms with Crippen molar-refractivity contribution in [3.63, 3.8) is 0 Å². The smallest absolute Gasteiger partial charge is 0.321 e. The summed E-state index contributed by atoms with van der Waals surface area (Å²) in [5.74, 6) is -0.198. The van der Waals surface area contributed by atoms with Crippen molar-refractivity contribution in [2.75, 3.05) is 45.6 Å². The van der Waals surface area contributed by atoms with E-state index in [0.29, 0.717) is 24.5 Å². The van der Waals surface area contributed by atoms with Gasteiger partial charge in [0.25, 0.3) is 5.91 Å². The number of hydrogen-bond acceptors (Lipinski definition) is 5. The number of pyridine rings is 2. The zero-order valence-corrected chi connectivity index (χ0v) is 15.6. The van der Waals surface area contributed by atoms with E-state index in [1.54, 1.807) is 43.5 Å². The highest BCUT2D eigenvalue weighted by molar-refractivity contribution is 5.95. The first-order valence-corrected chi connectivity index (χ1v) is 8.88. The van der Waals surface area contributed by atoms with E-state index in [2.05, 4.69) is 20.2 Å². The van der Waals surface area contributed by atoms with Crippen molar-refractivity contribution in [3.05, 3.63) is 54.1 Å². The van der Waals surface area contributed by atoms with Crippen molar-refractivity contribution >= 4 is 17.6 Å². The quantitative estimate of drug-likeness (QED) is 0.885. The minimum Gasteiger partial charge on any atom is -0.343 e. The molecule has 8 heteroatoms. The van der Waals surface area contributed by atoms with Gasteiger partial charge in [0.1, 0.15) is 5.69 Å². The lowest BCUT2D eigenvalue weighted by atomic mass is 10.2. The number of anilines is 1. The van der Waals surface area contributed by atoms with Gasteiger partial charge in [0.2, 0.25) is 0 Å². The molecule has 1 saturated heterocycles. The molecule has 27 heavy (non-hydrogen) atoms. The second-order valence-electron chi connectivity index (χ2n) is 6.68. The number of carbonyl (C=O) groups is 2. The molecule has 0 aliphatic carbocycles. The second kappa shape index (κ2) is 8.59. The molecular formula is C19H24N6O2. The van der Waals surface area contributed by atoms with Gasteiger partial charge in [-0.05, 0) is 29.8 Å². The normalized spacial score (nSPS) is 14.7. The Kier molecular flexibility index (Phi) is 5.97. The third kappa shape index (κ3) is 5.01. The van der Waals surface area contributed by atoms with Crippen molar-refractivity contribution in [3.8, 4) is 0 Å². The number of urea groups is 1. The topological polar surface area (TPSA) is 81.7 Å². The molecular weight excluding hydrogens is 344 g/mol. The molecule has 2 aromatic rings. The van der Waals surface area contributed by atoms with Gasteiger partial charge < -0.3 is 15.1 Å². The van der Waals surface area contributed by atoms with E-state index >= 15 is 0 Å². The molecule has 0 atom stereocenters. The maximum atomic E-state index is 12.5. The van der Waals surface area contributed by atoms with E-state index < -0.39 is 0 Å². The molecule has 0 saturated carbocycles. The van der Waals surface area contributed by atoms with Crippen LogP contribution in [-0.4, -0.2) is 76.9 Å². The van der Waals surface area contributed by atoms with Gasteiger partial charge in [0.05, 0.1) is 0 Å². The predicted molar refractivity (Wildman–Crippen MR) is 102 cm³/mol. The van der Waals surface area contributed by atoms with E-state index in [1.807, 2.05) is 12.1 Å². The highest BCUT2D eigenvalue weighted by atomic mass is 16.2. The molecule has 3 amide bonds. The fraction of sp³-hybridized carbons (Fsp3) is 0.368. The van der Waals surface area contributed by atoms with Crippen LogP contribution in [0.4, 0.5) is 10.5 Å². The molecule has 1 aliphatic heterocycles. The summed E-state index contributed by atoms with van der Waals surface area (Å²) >= 11 is 0. The van der Waals surface area contributed by atoms with Crippen molar-refractivity contribution in [1.82, 2.24) is 24.7 Å². The third-order valence-electron chi connectivity index (χ3n) is 4.45. The average molecular weight is 368 g/mol. The summed E-state index contributed by atoms with van der Waals surface area (Å²) in [6.07, 6.45) is 5.12. The maximum absolute atomic E-state index is 12.5. The fourth-order valence-corrected chi connectivity index (χ4v) is 2.91. The van der Waals surface area contributed by atoms with Gasteiger partial charge in [-0.3, -0.25) is 19.7 Å². The lowest BCUT2D eigenvalue weighted by Gasteiger charge is -2.34. The Morgan fingerprint density at radius 1 is 1.07 bits per heavy atom. The summed E-state index contributed by atoms with van der Waals surface area (Å²) in [7, 11) is 3.33. The van der Waals surface area contributed by atoms with Gasteiger partial charge in [0, 0.05) is 71.1 Å². The van der Waals surface area contributed by atoms with Gasteiger partial charge in [-0.2, -0.15) is 0 Å². The minimum absolute atomic E-state index is 0.159. The molecule has 1 N–H and O–H groups in total. The number of piperazine rings is 1. The highest BCUT2D eigenvalue weighted by Gasteiger charge is 2.21. The molecule has 0 bridgehead atoms. The Morgan fingerprint density at radius 2 is 1.78 bits per heavy atom. The Hall–Kier alpha value is -3.00. The van der Waals surface area contributed by atoms with Crippen LogP contribution in [0, 0.1) is 0 Å². The Morgan fingerprint density at radius 3 is 2.44 bits per heavy atom. The SMILES string of the molecule is CN(C)C(=O)c1cc(NC(=O)N2CCN(Cc3ccncc3)CC2)ccn1. The second-order valence-corrected chi connectivity index (χ2v) is 6.68. The zero-order valence-electron chi connectivity index (χ0n) is 15.6. The average Bonchev–Trinajstić information content (AvgIpc) is 2.69. The molecule has 142 valence electrons. The number of hydrogen-bond donors (Lipinski definition) is 1. The van der Waals surface area contributed by atoms with Gasteiger partial charge in [-0.25, -0.2) is 4.79 Å². The summed E-state index contributed by atoms with van der Waals surface area (Å²) in [5, 5.41) is 2.86. The van der Waals surface area contributed by atoms with Crippen molar-refractivity contribution in [2.24, 2.45) is 0 Å². The molecule has 2 aromatic heterocycles. The summed E-state index contributed by atoms with van der Waals surface area (Å²) in [6, 6.07) is 7.14. The molecule has 3 heterocycles. The molecule has 0 spiro atoms. The van der Waals surface area contributed by atoms with Crippen LogP contribution < -0.4 is 5.32 Å². The number of rotatable bonds is 4. The van der Waals surface area contributed by atoms with Gasteiger partial charge in [-0.15, -0.1) is 0 Å². The van der Waals surface area contributed by atoms with Crippen LogP contribution in [0.5, 0.6) is 0 Å². The number of aromatic nitrogens is 2. The van der Waals surface area contributed by atoms with Crippen LogP contribution in [0.15, 0.2) is 42.9 Å². The number of amides is 3. The molecule has 0 unspecified atom stereocenters. The van der Waals surface area contributed by atoms with Crippen LogP contribution >= 0.6 is 0 Å². The molecule has 3 rings (SSSR count). The molecule has 8 nitrogen and oxygen atoms in total. The maximum Gasteiger partial charge on any atom is 0.321 e. The standard InChI is InChI=1S/C19H24N6O2/c1-23(2)18(26)17-13-16(5-8-21-17)22-19(27)25-11-9-24(10-12-25)14-15-3-6-20-7-4-15/h3-8,13H,9-12,14H2,1-2H3,(H,21,22,27). The van der Waals surface area contributed by atoms with Gasteiger partial charge in [0.15, 0.2) is 0 Å². The minimum atomic E-state index is -0.198. The van der Waals surface area contributed by atoms with E-state index in [9.17, 15) is 9.59 Å². The van der Waals surface area contributed by atoms with Crippen LogP contribution in [0.1, 0.15) is 16.1 Å². The van der Waals surface area contributed by atoms with Crippen LogP contribution in [0.3, 0.4) is 0 Å². The van der Waals surface area contributed by atoms with E-state index in [4.69, 9.17) is 0 Å². The number of nitrogens with zero attached hydrogens (tertiary/aromatic N) is 5. The molecule has 0 aromatic carbocycles. The summed E-state index contributed by atoms with van der Waals surface area (Å²) in [6.45, 7) is 3.81. The first kappa shape index (κ1) is 18.8. The number of carbonyl (C=O) groups excluding carboxylic acids is 2. The molecule has 0 radical (unpaired) electrons. The number of nitrogens with one attached hydrogen (secondary N) is 1. The van der Waals surface area contributed by atoms with Gasteiger partial charge in [-0.1, -0.05) is 0 Å². The zero-order chi connectivity index (χ0) is 19.2. The van der Waals surface area contributed by atoms with Gasteiger partial charge >= 0.3 is 6.03 Å². The van der Waals surface area contributed by atoms with Crippen molar-refractivity contribution in [2.45, 2.75) is 6.54 Å². The van der Waals surface area contributed by atoms with Crippen molar-refractivity contribution < 1.29 is 9.59 Å². The Balaban J connectivity index is 1.52. The lowest BCUT2D eigenvalue weighted by Crippen LogP contribution is -2.49. The van der Waals surface area contributed by atoms with E-state index in [-0.39, 0.29) is 11.9 Å². The monoisotopic (exact) mass is 368 g/mol. The first-order chi connectivity index (χ1) is 13.0. The summed E-state index contributed by atoms with van der Waals surface area (Å²) in [4.78, 5) is 38.2. The highest BCUT2D eigenvalue weighted by Crippen LogP contribution is 2.12. The lowest BCUT2D eigenvalue weighted by molar-refractivity contribution is 0.0822. The predicted octanol–water partition coefficient (Wildman–Crippen LogP) is 1.53. The van der Waals surface area contributed by atoms with E-state index in [1.165, 1.54) is 16.7 Å². The van der Waals surface area contributed by atoms with Crippen LogP contribution in [0.25, 0.3) is 0 Å². The van der Waals surface area contributed by atoms with E-state index in [0.717, 1.165) is 19.6 Å². The first-order valence-electron chi connectivity index (χ1n) is 8.88.